The van der Waals surface area contributed by atoms with E-state index in [1.54, 1.807) is 17.5 Å². The Morgan fingerprint density at radius 1 is 1.04 bits per heavy atom. The summed E-state index contributed by atoms with van der Waals surface area (Å²) in [5.74, 6) is 0.250. The van der Waals surface area contributed by atoms with Crippen LogP contribution in [-0.4, -0.2) is 55.8 Å². The van der Waals surface area contributed by atoms with Gasteiger partial charge in [-0.3, -0.25) is 9.69 Å². The molecule has 0 aliphatic carbocycles. The van der Waals surface area contributed by atoms with E-state index in [-0.39, 0.29) is 11.9 Å². The zero-order valence-corrected chi connectivity index (χ0v) is 18.1. The maximum Gasteiger partial charge on any atom is 0.252 e. The zero-order valence-electron chi connectivity index (χ0n) is 16.5. The maximum atomic E-state index is 12.8. The standard InChI is InChI=1S/C20H27N3O3S2/c1-15(2)17-7-4-5-8-18(17)21-20(24)16(3)22-10-12-23(13-11-22)28(25,26)19-9-6-14-27-19/h4-9,14-16H,10-13H2,1-3H3,(H,21,24)/t16-/m0/s1. The van der Waals surface area contributed by atoms with Gasteiger partial charge in [-0.1, -0.05) is 38.1 Å². The lowest BCUT2D eigenvalue weighted by Gasteiger charge is -2.36. The van der Waals surface area contributed by atoms with Crippen molar-refractivity contribution >= 4 is 33.0 Å². The van der Waals surface area contributed by atoms with Crippen molar-refractivity contribution in [2.75, 3.05) is 31.5 Å². The minimum atomic E-state index is -3.43. The Morgan fingerprint density at radius 3 is 2.32 bits per heavy atom. The average molecular weight is 422 g/mol. The van der Waals surface area contributed by atoms with Gasteiger partial charge in [0.15, 0.2) is 0 Å². The van der Waals surface area contributed by atoms with E-state index in [2.05, 4.69) is 19.2 Å². The highest BCUT2D eigenvalue weighted by Gasteiger charge is 2.32. The molecule has 1 aliphatic rings. The van der Waals surface area contributed by atoms with Crippen LogP contribution in [0.2, 0.25) is 0 Å². The minimum Gasteiger partial charge on any atom is -0.324 e. The fourth-order valence-electron chi connectivity index (χ4n) is 3.39. The van der Waals surface area contributed by atoms with Crippen LogP contribution in [0.4, 0.5) is 5.69 Å². The monoisotopic (exact) mass is 421 g/mol. The molecule has 0 radical (unpaired) electrons. The predicted octanol–water partition coefficient (Wildman–Crippen LogP) is 3.21. The second-order valence-electron chi connectivity index (χ2n) is 7.28. The lowest BCUT2D eigenvalue weighted by atomic mass is 10.0. The lowest BCUT2D eigenvalue weighted by molar-refractivity contribution is -0.121. The summed E-state index contributed by atoms with van der Waals surface area (Å²) in [5, 5.41) is 4.81. The summed E-state index contributed by atoms with van der Waals surface area (Å²) in [6.45, 7) is 7.91. The number of piperazine rings is 1. The van der Waals surface area contributed by atoms with Gasteiger partial charge < -0.3 is 5.32 Å². The number of carbonyl (C=O) groups excluding carboxylic acids is 1. The molecular formula is C20H27N3O3S2. The van der Waals surface area contributed by atoms with Gasteiger partial charge in [0, 0.05) is 31.9 Å². The molecule has 1 aliphatic heterocycles. The van der Waals surface area contributed by atoms with E-state index in [1.807, 2.05) is 36.1 Å². The van der Waals surface area contributed by atoms with Crippen LogP contribution in [-0.2, 0) is 14.8 Å². The predicted molar refractivity (Wildman–Crippen MR) is 113 cm³/mol. The molecule has 0 bridgehead atoms. The molecule has 6 nitrogen and oxygen atoms in total. The van der Waals surface area contributed by atoms with Crippen LogP contribution in [0.15, 0.2) is 46.0 Å². The summed E-state index contributed by atoms with van der Waals surface area (Å²) in [4.78, 5) is 14.8. The molecule has 8 heteroatoms. The number of para-hydroxylation sites is 1. The Bertz CT molecular complexity index is 903. The third-order valence-corrected chi connectivity index (χ3v) is 8.40. The van der Waals surface area contributed by atoms with Gasteiger partial charge >= 0.3 is 0 Å². The van der Waals surface area contributed by atoms with Crippen molar-refractivity contribution < 1.29 is 13.2 Å². The number of hydrogen-bond donors (Lipinski definition) is 1. The van der Waals surface area contributed by atoms with Crippen molar-refractivity contribution in [2.24, 2.45) is 0 Å². The van der Waals surface area contributed by atoms with Gasteiger partial charge in [0.05, 0.1) is 6.04 Å². The first-order chi connectivity index (χ1) is 13.3. The maximum absolute atomic E-state index is 12.8. The first-order valence-corrected chi connectivity index (χ1v) is 11.8. The zero-order chi connectivity index (χ0) is 20.3. The van der Waals surface area contributed by atoms with E-state index < -0.39 is 10.0 Å². The van der Waals surface area contributed by atoms with Crippen LogP contribution in [0.1, 0.15) is 32.3 Å². The molecule has 152 valence electrons. The highest BCUT2D eigenvalue weighted by molar-refractivity contribution is 7.91. The Morgan fingerprint density at radius 2 is 1.71 bits per heavy atom. The van der Waals surface area contributed by atoms with E-state index in [0.717, 1.165) is 11.3 Å². The SMILES string of the molecule is CC(C)c1ccccc1NC(=O)[C@H](C)N1CCN(S(=O)(=O)c2cccs2)CC1. The van der Waals surface area contributed by atoms with E-state index in [9.17, 15) is 13.2 Å². The molecule has 2 heterocycles. The molecule has 1 N–H and O–H groups in total. The van der Waals surface area contributed by atoms with Crippen molar-refractivity contribution in [3.8, 4) is 0 Å². The van der Waals surface area contributed by atoms with Crippen molar-refractivity contribution in [3.63, 3.8) is 0 Å². The molecule has 1 saturated heterocycles. The van der Waals surface area contributed by atoms with Gasteiger partial charge in [-0.05, 0) is 35.9 Å². The number of amides is 1. The molecule has 0 unspecified atom stereocenters. The first-order valence-electron chi connectivity index (χ1n) is 9.48. The third-order valence-electron chi connectivity index (χ3n) is 5.13. The second kappa shape index (κ2) is 8.73. The van der Waals surface area contributed by atoms with Crippen molar-refractivity contribution in [2.45, 2.75) is 36.9 Å². The number of benzene rings is 1. The highest BCUT2D eigenvalue weighted by atomic mass is 32.2. The highest BCUT2D eigenvalue weighted by Crippen LogP contribution is 2.25. The molecule has 2 aromatic rings. The summed E-state index contributed by atoms with van der Waals surface area (Å²) in [6.07, 6.45) is 0. The van der Waals surface area contributed by atoms with Gasteiger partial charge in [0.25, 0.3) is 10.0 Å². The van der Waals surface area contributed by atoms with E-state index in [4.69, 9.17) is 0 Å². The minimum absolute atomic E-state index is 0.0670. The quantitative estimate of drug-likeness (QED) is 0.778. The fraction of sp³-hybridized carbons (Fsp3) is 0.450. The third kappa shape index (κ3) is 4.46. The molecule has 1 amide bonds. The Kier molecular flexibility index (Phi) is 6.54. The molecule has 1 fully saturated rings. The van der Waals surface area contributed by atoms with Gasteiger partial charge in [0.2, 0.25) is 5.91 Å². The first kappa shape index (κ1) is 21.0. The van der Waals surface area contributed by atoms with Gasteiger partial charge in [0.1, 0.15) is 4.21 Å². The Balaban J connectivity index is 1.61. The molecule has 1 atom stereocenters. The van der Waals surface area contributed by atoms with Gasteiger partial charge in [-0.2, -0.15) is 4.31 Å². The number of rotatable bonds is 6. The van der Waals surface area contributed by atoms with Gasteiger partial charge in [-0.15, -0.1) is 11.3 Å². The number of nitrogens with one attached hydrogen (secondary N) is 1. The number of nitrogens with zero attached hydrogens (tertiary/aromatic N) is 2. The number of sulfonamides is 1. The summed E-state index contributed by atoms with van der Waals surface area (Å²) >= 11 is 1.23. The molecule has 3 rings (SSSR count). The van der Waals surface area contributed by atoms with Crippen molar-refractivity contribution in [1.29, 1.82) is 0 Å². The largest absolute Gasteiger partial charge is 0.324 e. The molecule has 1 aromatic heterocycles. The molecule has 0 saturated carbocycles. The second-order valence-corrected chi connectivity index (χ2v) is 10.4. The van der Waals surface area contributed by atoms with Gasteiger partial charge in [-0.25, -0.2) is 8.42 Å². The van der Waals surface area contributed by atoms with Crippen LogP contribution >= 0.6 is 11.3 Å². The topological polar surface area (TPSA) is 69.7 Å². The summed E-state index contributed by atoms with van der Waals surface area (Å²) < 4.78 is 27.2. The summed E-state index contributed by atoms with van der Waals surface area (Å²) in [5.41, 5.74) is 1.95. The van der Waals surface area contributed by atoms with Crippen LogP contribution in [0.25, 0.3) is 0 Å². The van der Waals surface area contributed by atoms with Crippen LogP contribution in [0.5, 0.6) is 0 Å². The molecule has 1 aromatic carbocycles. The van der Waals surface area contributed by atoms with Crippen LogP contribution in [0.3, 0.4) is 0 Å². The van der Waals surface area contributed by atoms with Crippen LogP contribution < -0.4 is 5.32 Å². The van der Waals surface area contributed by atoms with E-state index in [0.29, 0.717) is 36.3 Å². The lowest BCUT2D eigenvalue weighted by Crippen LogP contribution is -2.53. The van der Waals surface area contributed by atoms with Crippen LogP contribution in [0, 0.1) is 0 Å². The number of carbonyl (C=O) groups is 1. The van der Waals surface area contributed by atoms with Crippen molar-refractivity contribution in [3.05, 3.63) is 47.3 Å². The van der Waals surface area contributed by atoms with E-state index in [1.165, 1.54) is 15.6 Å². The Hall–Kier alpha value is -1.74. The Labute approximate surface area is 171 Å². The number of hydrogen-bond acceptors (Lipinski definition) is 5. The smallest absolute Gasteiger partial charge is 0.252 e. The number of anilines is 1. The normalized spacial score (nSPS) is 17.6. The molecular weight excluding hydrogens is 394 g/mol. The number of thiophene rings is 1. The summed E-state index contributed by atoms with van der Waals surface area (Å²) in [7, 11) is -3.43. The summed E-state index contributed by atoms with van der Waals surface area (Å²) in [6, 6.07) is 10.9. The van der Waals surface area contributed by atoms with E-state index >= 15 is 0 Å². The molecule has 28 heavy (non-hydrogen) atoms. The average Bonchev–Trinajstić information content (AvgIpc) is 3.23. The van der Waals surface area contributed by atoms with Crippen molar-refractivity contribution in [1.82, 2.24) is 9.21 Å². The molecule has 0 spiro atoms. The fourth-order valence-corrected chi connectivity index (χ4v) is 5.95.